The molecule has 5 heteroatoms. The van der Waals surface area contributed by atoms with Crippen molar-refractivity contribution in [3.05, 3.63) is 46.4 Å². The highest BCUT2D eigenvalue weighted by Crippen LogP contribution is 2.41. The lowest BCUT2D eigenvalue weighted by molar-refractivity contribution is 0.318. The number of halogens is 2. The number of aromatic hydroxyl groups is 1. The highest BCUT2D eigenvalue weighted by molar-refractivity contribution is 6.37. The van der Waals surface area contributed by atoms with Crippen molar-refractivity contribution in [3.63, 3.8) is 0 Å². The summed E-state index contributed by atoms with van der Waals surface area (Å²) in [4.78, 5) is 2.12. The number of anilines is 2. The molecule has 0 spiro atoms. The van der Waals surface area contributed by atoms with Crippen molar-refractivity contribution in [2.75, 3.05) is 11.5 Å². The largest absolute Gasteiger partial charge is 0.508 e. The van der Waals surface area contributed by atoms with E-state index in [4.69, 9.17) is 27.9 Å². The molecule has 0 radical (unpaired) electrons. The molecule has 0 aliphatic heterocycles. The number of nitrogens with zero attached hydrogens (tertiary/aromatic N) is 1. The number of rotatable bonds is 5. The minimum atomic E-state index is -0.213. The van der Waals surface area contributed by atoms with Gasteiger partial charge in [0.15, 0.2) is 5.75 Å². The van der Waals surface area contributed by atoms with Gasteiger partial charge in [0.05, 0.1) is 16.7 Å². The standard InChI is InChI=1S/C19H23Cl2NO2.2C2H6/c1-5-10-24-18-16(20)11-14(12-17(18)21)22(19(2,3)4)13-6-8-15(23)9-7-13;2*1-2/h6-9,11-12,23H,5,10H2,1-4H3;2*1-2H3. The Balaban J connectivity index is 0.00000171. The average Bonchev–Trinajstić information content (AvgIpc) is 2.65. The smallest absolute Gasteiger partial charge is 0.156 e. The third kappa shape index (κ3) is 7.44. The van der Waals surface area contributed by atoms with Crippen molar-refractivity contribution >= 4 is 34.6 Å². The molecule has 2 aromatic carbocycles. The summed E-state index contributed by atoms with van der Waals surface area (Å²) >= 11 is 12.8. The van der Waals surface area contributed by atoms with Crippen LogP contribution in [0, 0.1) is 0 Å². The number of hydrogen-bond acceptors (Lipinski definition) is 3. The van der Waals surface area contributed by atoms with Gasteiger partial charge in [-0.3, -0.25) is 0 Å². The number of hydrogen-bond donors (Lipinski definition) is 1. The number of benzene rings is 2. The van der Waals surface area contributed by atoms with Gasteiger partial charge in [-0.2, -0.15) is 0 Å². The molecular formula is C23H35Cl2NO2. The molecule has 28 heavy (non-hydrogen) atoms. The van der Waals surface area contributed by atoms with Crippen LogP contribution in [-0.2, 0) is 0 Å². The van der Waals surface area contributed by atoms with Crippen molar-refractivity contribution in [1.82, 2.24) is 0 Å². The Labute approximate surface area is 181 Å². The minimum Gasteiger partial charge on any atom is -0.508 e. The van der Waals surface area contributed by atoms with Gasteiger partial charge in [-0.25, -0.2) is 0 Å². The van der Waals surface area contributed by atoms with Gasteiger partial charge in [-0.15, -0.1) is 0 Å². The van der Waals surface area contributed by atoms with Crippen molar-refractivity contribution in [1.29, 1.82) is 0 Å². The summed E-state index contributed by atoms with van der Waals surface area (Å²) in [6.45, 7) is 16.9. The van der Waals surface area contributed by atoms with E-state index in [0.29, 0.717) is 22.4 Å². The Morgan fingerprint density at radius 3 is 1.75 bits per heavy atom. The Bertz CT molecular complexity index is 672. The lowest BCUT2D eigenvalue weighted by atomic mass is 10.0. The molecule has 0 heterocycles. The number of phenolic OH excluding ortho intramolecular Hbond substituents is 1. The zero-order chi connectivity index (χ0) is 21.9. The molecule has 0 bridgehead atoms. The molecule has 0 saturated heterocycles. The normalized spacial score (nSPS) is 10.2. The molecule has 0 amide bonds. The highest BCUT2D eigenvalue weighted by atomic mass is 35.5. The lowest BCUT2D eigenvalue weighted by Crippen LogP contribution is -2.37. The first-order chi connectivity index (χ1) is 13.2. The van der Waals surface area contributed by atoms with E-state index in [0.717, 1.165) is 17.8 Å². The van der Waals surface area contributed by atoms with E-state index in [1.54, 1.807) is 12.1 Å². The molecule has 2 rings (SSSR count). The molecule has 1 N–H and O–H groups in total. The molecule has 0 saturated carbocycles. The third-order valence-corrected chi connectivity index (χ3v) is 4.03. The fourth-order valence-electron chi connectivity index (χ4n) is 2.54. The van der Waals surface area contributed by atoms with Gasteiger partial charge >= 0.3 is 0 Å². The maximum Gasteiger partial charge on any atom is 0.156 e. The van der Waals surface area contributed by atoms with Crippen LogP contribution in [0.2, 0.25) is 10.0 Å². The monoisotopic (exact) mass is 427 g/mol. The summed E-state index contributed by atoms with van der Waals surface area (Å²) in [6, 6.07) is 10.8. The molecule has 0 fully saturated rings. The van der Waals surface area contributed by atoms with Crippen LogP contribution in [0.3, 0.4) is 0 Å². The van der Waals surface area contributed by atoms with Gasteiger partial charge in [0.2, 0.25) is 0 Å². The SMILES string of the molecule is CC.CC.CCCOc1c(Cl)cc(N(c2ccc(O)cc2)C(C)(C)C)cc1Cl. The molecule has 2 aromatic rings. The van der Waals surface area contributed by atoms with Gasteiger partial charge < -0.3 is 14.7 Å². The first-order valence-electron chi connectivity index (χ1n) is 9.95. The summed E-state index contributed by atoms with van der Waals surface area (Å²) in [6.07, 6.45) is 0.885. The van der Waals surface area contributed by atoms with Crippen LogP contribution in [0.1, 0.15) is 61.8 Å². The van der Waals surface area contributed by atoms with Gasteiger partial charge in [-0.1, -0.05) is 57.8 Å². The van der Waals surface area contributed by atoms with E-state index in [2.05, 4.69) is 25.7 Å². The highest BCUT2D eigenvalue weighted by Gasteiger charge is 2.25. The maximum atomic E-state index is 9.54. The van der Waals surface area contributed by atoms with Crippen LogP contribution in [0.4, 0.5) is 11.4 Å². The first kappa shape index (κ1) is 26.4. The molecule has 0 unspecified atom stereocenters. The second-order valence-electron chi connectivity index (χ2n) is 6.61. The Kier molecular flexibility index (Phi) is 12.1. The van der Waals surface area contributed by atoms with Crippen LogP contribution >= 0.6 is 23.2 Å². The van der Waals surface area contributed by atoms with Gasteiger partial charge in [-0.05, 0) is 63.6 Å². The van der Waals surface area contributed by atoms with E-state index in [1.165, 1.54) is 0 Å². The molecule has 0 aliphatic carbocycles. The van der Waals surface area contributed by atoms with Crippen molar-refractivity contribution in [2.45, 2.75) is 67.3 Å². The summed E-state index contributed by atoms with van der Waals surface area (Å²) < 4.78 is 5.64. The van der Waals surface area contributed by atoms with Crippen LogP contribution in [0.5, 0.6) is 11.5 Å². The maximum absolute atomic E-state index is 9.54. The fourth-order valence-corrected chi connectivity index (χ4v) is 3.13. The topological polar surface area (TPSA) is 32.7 Å². The van der Waals surface area contributed by atoms with Crippen molar-refractivity contribution < 1.29 is 9.84 Å². The zero-order valence-corrected chi connectivity index (χ0v) is 19.9. The van der Waals surface area contributed by atoms with Crippen LogP contribution < -0.4 is 9.64 Å². The molecule has 158 valence electrons. The Morgan fingerprint density at radius 2 is 1.36 bits per heavy atom. The summed E-state index contributed by atoms with van der Waals surface area (Å²) in [5, 5.41) is 10.5. The summed E-state index contributed by atoms with van der Waals surface area (Å²) in [7, 11) is 0. The second-order valence-corrected chi connectivity index (χ2v) is 7.42. The Morgan fingerprint density at radius 1 is 0.893 bits per heavy atom. The fraction of sp³-hybridized carbons (Fsp3) is 0.478. The molecule has 3 nitrogen and oxygen atoms in total. The third-order valence-electron chi connectivity index (χ3n) is 3.47. The van der Waals surface area contributed by atoms with Gasteiger partial charge in [0, 0.05) is 16.9 Å². The predicted molar refractivity (Wildman–Crippen MR) is 125 cm³/mol. The Hall–Kier alpha value is -1.58. The van der Waals surface area contributed by atoms with E-state index in [9.17, 15) is 5.11 Å². The quantitative estimate of drug-likeness (QED) is 0.518. The van der Waals surface area contributed by atoms with Crippen molar-refractivity contribution in [3.8, 4) is 11.5 Å². The molecule has 0 aliphatic rings. The van der Waals surface area contributed by atoms with E-state index < -0.39 is 0 Å². The van der Waals surface area contributed by atoms with E-state index in [-0.39, 0.29) is 11.3 Å². The minimum absolute atomic E-state index is 0.213. The first-order valence-corrected chi connectivity index (χ1v) is 10.7. The van der Waals surface area contributed by atoms with Crippen LogP contribution in [0.25, 0.3) is 0 Å². The summed E-state index contributed by atoms with van der Waals surface area (Å²) in [5.74, 6) is 0.746. The number of ether oxygens (including phenoxy) is 1. The van der Waals surface area contributed by atoms with Crippen molar-refractivity contribution in [2.24, 2.45) is 0 Å². The zero-order valence-electron chi connectivity index (χ0n) is 18.4. The second kappa shape index (κ2) is 12.8. The average molecular weight is 428 g/mol. The van der Waals surface area contributed by atoms with Crippen LogP contribution in [-0.4, -0.2) is 17.3 Å². The molecular weight excluding hydrogens is 393 g/mol. The van der Waals surface area contributed by atoms with E-state index >= 15 is 0 Å². The molecule has 0 aromatic heterocycles. The predicted octanol–water partition coefficient (Wildman–Crippen LogP) is 8.48. The van der Waals surface area contributed by atoms with E-state index in [1.807, 2.05) is 58.9 Å². The number of phenols is 1. The van der Waals surface area contributed by atoms with Gasteiger partial charge in [0.1, 0.15) is 5.75 Å². The lowest BCUT2D eigenvalue weighted by Gasteiger charge is -2.38. The van der Waals surface area contributed by atoms with Crippen LogP contribution in [0.15, 0.2) is 36.4 Å². The van der Waals surface area contributed by atoms with Gasteiger partial charge in [0.25, 0.3) is 0 Å². The summed E-state index contributed by atoms with van der Waals surface area (Å²) in [5.41, 5.74) is 1.59. The molecule has 0 atom stereocenters.